The molecule has 2 heterocycles. The van der Waals surface area contributed by atoms with E-state index in [-0.39, 0.29) is 34.0 Å². The third-order valence-corrected chi connectivity index (χ3v) is 6.50. The van der Waals surface area contributed by atoms with Gasteiger partial charge in [0.15, 0.2) is 0 Å². The van der Waals surface area contributed by atoms with Crippen LogP contribution in [0.25, 0.3) is 0 Å². The number of rotatable bonds is 6. The SMILES string of the molecule is CC(C)n1c(=O)cc(Cl)[nH]c1=O.CC(C)n1c(=O)cc(NCC2CCC2)[nH]c1=O.NCC1CCC1. The summed E-state index contributed by atoms with van der Waals surface area (Å²) >= 11 is 5.46. The fraction of sp³-hybridized carbons (Fsp3) is 0.667. The number of aromatic nitrogens is 4. The number of halogens is 1. The highest BCUT2D eigenvalue weighted by atomic mass is 35.5. The molecule has 0 bridgehead atoms. The van der Waals surface area contributed by atoms with Crippen molar-refractivity contribution in [2.45, 2.75) is 78.3 Å². The summed E-state index contributed by atoms with van der Waals surface area (Å²) in [6.45, 7) is 8.90. The number of aromatic amines is 2. The third kappa shape index (κ3) is 8.54. The zero-order chi connectivity index (χ0) is 26.1. The average molecular weight is 511 g/mol. The van der Waals surface area contributed by atoms with Crippen LogP contribution in [0.5, 0.6) is 0 Å². The van der Waals surface area contributed by atoms with Crippen LogP contribution in [0.1, 0.15) is 78.3 Å². The summed E-state index contributed by atoms with van der Waals surface area (Å²) in [5.74, 6) is 2.11. The minimum Gasteiger partial charge on any atom is -0.371 e. The Hall–Kier alpha value is -2.59. The summed E-state index contributed by atoms with van der Waals surface area (Å²) in [4.78, 5) is 50.7. The number of hydrogen-bond acceptors (Lipinski definition) is 6. The Morgan fingerprint density at radius 2 is 1.37 bits per heavy atom. The zero-order valence-electron chi connectivity index (χ0n) is 21.1. The summed E-state index contributed by atoms with van der Waals surface area (Å²) in [7, 11) is 0. The quantitative estimate of drug-likeness (QED) is 0.439. The predicted octanol–water partition coefficient (Wildman–Crippen LogP) is 2.85. The molecule has 2 aliphatic carbocycles. The van der Waals surface area contributed by atoms with Crippen molar-refractivity contribution in [2.24, 2.45) is 17.6 Å². The van der Waals surface area contributed by atoms with Crippen LogP contribution in [0.2, 0.25) is 5.15 Å². The summed E-state index contributed by atoms with van der Waals surface area (Å²) in [6, 6.07) is 2.37. The first-order chi connectivity index (χ1) is 16.5. The van der Waals surface area contributed by atoms with Gasteiger partial charge < -0.3 is 11.1 Å². The minimum atomic E-state index is -0.470. The average Bonchev–Trinajstić information content (AvgIpc) is 2.65. The van der Waals surface area contributed by atoms with E-state index in [2.05, 4.69) is 15.3 Å². The second-order valence-corrected chi connectivity index (χ2v) is 10.1. The molecule has 2 saturated carbocycles. The van der Waals surface area contributed by atoms with Gasteiger partial charge in [-0.2, -0.15) is 0 Å². The van der Waals surface area contributed by atoms with Gasteiger partial charge in [-0.05, 0) is 71.8 Å². The molecule has 2 aromatic heterocycles. The van der Waals surface area contributed by atoms with Crippen LogP contribution < -0.4 is 33.5 Å². The maximum Gasteiger partial charge on any atom is 0.330 e. The molecule has 2 aromatic rings. The molecule has 4 rings (SSSR count). The van der Waals surface area contributed by atoms with Gasteiger partial charge in [-0.25, -0.2) is 9.59 Å². The Kier molecular flexibility index (Phi) is 11.0. The first-order valence-electron chi connectivity index (χ1n) is 12.3. The van der Waals surface area contributed by atoms with Gasteiger partial charge in [0, 0.05) is 30.8 Å². The van der Waals surface area contributed by atoms with Crippen LogP contribution in [0, 0.1) is 11.8 Å². The van der Waals surface area contributed by atoms with E-state index in [9.17, 15) is 19.2 Å². The second kappa shape index (κ2) is 13.5. The molecule has 0 aliphatic heterocycles. The fourth-order valence-electron chi connectivity index (χ4n) is 3.73. The highest BCUT2D eigenvalue weighted by molar-refractivity contribution is 6.29. The van der Waals surface area contributed by atoms with E-state index in [1.807, 2.05) is 13.8 Å². The minimum absolute atomic E-state index is 0.0712. The molecule has 5 N–H and O–H groups in total. The van der Waals surface area contributed by atoms with E-state index in [0.717, 1.165) is 23.6 Å². The van der Waals surface area contributed by atoms with Crippen molar-refractivity contribution in [3.05, 3.63) is 59.0 Å². The van der Waals surface area contributed by atoms with Crippen molar-refractivity contribution in [3.8, 4) is 0 Å². The lowest BCUT2D eigenvalue weighted by Crippen LogP contribution is -2.36. The Balaban J connectivity index is 0.000000207. The Morgan fingerprint density at radius 3 is 1.71 bits per heavy atom. The molecule has 11 heteroatoms. The van der Waals surface area contributed by atoms with Gasteiger partial charge in [-0.3, -0.25) is 28.7 Å². The van der Waals surface area contributed by atoms with Crippen LogP contribution in [-0.2, 0) is 0 Å². The van der Waals surface area contributed by atoms with E-state index in [1.165, 1.54) is 55.2 Å². The Morgan fingerprint density at radius 1 is 0.886 bits per heavy atom. The van der Waals surface area contributed by atoms with Crippen molar-refractivity contribution in [1.82, 2.24) is 19.1 Å². The van der Waals surface area contributed by atoms with Crippen LogP contribution in [0.15, 0.2) is 31.3 Å². The summed E-state index contributed by atoms with van der Waals surface area (Å²) < 4.78 is 2.32. The van der Waals surface area contributed by atoms with Crippen LogP contribution >= 0.6 is 11.6 Å². The highest BCUT2D eigenvalue weighted by Gasteiger charge is 2.17. The first-order valence-corrected chi connectivity index (χ1v) is 12.7. The molecule has 0 amide bonds. The molecule has 2 aliphatic rings. The first kappa shape index (κ1) is 28.6. The van der Waals surface area contributed by atoms with Crippen molar-refractivity contribution in [1.29, 1.82) is 0 Å². The lowest BCUT2D eigenvalue weighted by atomic mass is 9.85. The van der Waals surface area contributed by atoms with Gasteiger partial charge in [0.2, 0.25) is 0 Å². The van der Waals surface area contributed by atoms with E-state index < -0.39 is 5.69 Å². The molecular weight excluding hydrogens is 472 g/mol. The van der Waals surface area contributed by atoms with E-state index in [1.54, 1.807) is 13.8 Å². The summed E-state index contributed by atoms with van der Waals surface area (Å²) in [6.07, 6.45) is 7.95. The molecule has 0 unspecified atom stereocenters. The lowest BCUT2D eigenvalue weighted by molar-refractivity contribution is 0.325. The maximum atomic E-state index is 11.7. The molecule has 0 saturated heterocycles. The van der Waals surface area contributed by atoms with Gasteiger partial charge in [0.25, 0.3) is 11.1 Å². The monoisotopic (exact) mass is 510 g/mol. The number of anilines is 1. The van der Waals surface area contributed by atoms with Gasteiger partial charge in [-0.15, -0.1) is 0 Å². The van der Waals surface area contributed by atoms with Gasteiger partial charge in [0.1, 0.15) is 11.0 Å². The summed E-state index contributed by atoms with van der Waals surface area (Å²) in [5.41, 5.74) is 3.89. The summed E-state index contributed by atoms with van der Waals surface area (Å²) in [5, 5.41) is 3.20. The smallest absolute Gasteiger partial charge is 0.330 e. The molecular formula is C24H39ClN6O4. The van der Waals surface area contributed by atoms with Crippen LogP contribution in [-0.4, -0.2) is 32.2 Å². The molecule has 0 spiro atoms. The molecule has 0 atom stereocenters. The number of nitrogens with zero attached hydrogens (tertiary/aromatic N) is 2. The Bertz CT molecular complexity index is 1110. The van der Waals surface area contributed by atoms with Crippen molar-refractivity contribution in [2.75, 3.05) is 18.4 Å². The van der Waals surface area contributed by atoms with Gasteiger partial charge in [0.05, 0.1) is 0 Å². The molecule has 196 valence electrons. The lowest BCUT2D eigenvalue weighted by Gasteiger charge is -2.25. The van der Waals surface area contributed by atoms with E-state index in [0.29, 0.717) is 11.7 Å². The van der Waals surface area contributed by atoms with E-state index in [4.69, 9.17) is 17.3 Å². The predicted molar refractivity (Wildman–Crippen MR) is 141 cm³/mol. The second-order valence-electron chi connectivity index (χ2n) is 9.73. The number of nitrogens with two attached hydrogens (primary N) is 1. The normalized spacial score (nSPS) is 15.4. The number of H-pyrrole nitrogens is 2. The fourth-order valence-corrected chi connectivity index (χ4v) is 3.91. The largest absolute Gasteiger partial charge is 0.371 e. The third-order valence-electron chi connectivity index (χ3n) is 6.30. The van der Waals surface area contributed by atoms with Gasteiger partial charge >= 0.3 is 11.4 Å². The molecule has 35 heavy (non-hydrogen) atoms. The van der Waals surface area contributed by atoms with Crippen molar-refractivity contribution < 1.29 is 0 Å². The van der Waals surface area contributed by atoms with E-state index >= 15 is 0 Å². The van der Waals surface area contributed by atoms with Crippen molar-refractivity contribution >= 4 is 17.4 Å². The maximum absolute atomic E-state index is 11.7. The molecule has 2 fully saturated rings. The van der Waals surface area contributed by atoms with Gasteiger partial charge in [-0.1, -0.05) is 24.4 Å². The van der Waals surface area contributed by atoms with Crippen LogP contribution in [0.3, 0.4) is 0 Å². The molecule has 10 nitrogen and oxygen atoms in total. The highest BCUT2D eigenvalue weighted by Crippen LogP contribution is 2.26. The number of nitrogens with one attached hydrogen (secondary N) is 3. The van der Waals surface area contributed by atoms with Crippen LogP contribution in [0.4, 0.5) is 5.82 Å². The zero-order valence-corrected chi connectivity index (χ0v) is 21.9. The topological polar surface area (TPSA) is 148 Å². The Labute approximate surface area is 209 Å². The standard InChI is InChI=1S/C12H19N3O2.C7H9ClN2O2.C5H11N/c1-8(2)15-11(16)6-10(14-12(15)17)13-7-9-4-3-5-9;1-4(2)10-6(11)3-5(8)9-7(10)12;6-4-5-2-1-3-5/h6,8-9,13H,3-5,7H2,1-2H3,(H,14,17);3-4H,1-2H3,(H,9,12);5H,1-4,6H2. The number of hydrogen-bond donors (Lipinski definition) is 4. The molecule has 0 aromatic carbocycles. The molecule has 0 radical (unpaired) electrons. The van der Waals surface area contributed by atoms with Crippen molar-refractivity contribution in [3.63, 3.8) is 0 Å².